The second kappa shape index (κ2) is 7.92. The summed E-state index contributed by atoms with van der Waals surface area (Å²) in [4.78, 5) is 26.9. The lowest BCUT2D eigenvalue weighted by molar-refractivity contribution is -0.384. The Hall–Kier alpha value is -3.33. The Labute approximate surface area is 157 Å². The summed E-state index contributed by atoms with van der Waals surface area (Å²) in [6, 6.07) is 9.58. The number of halogens is 1. The quantitative estimate of drug-likeness (QED) is 0.357. The van der Waals surface area contributed by atoms with Crippen LogP contribution < -0.4 is 4.74 Å². The highest BCUT2D eigenvalue weighted by molar-refractivity contribution is 7.13. The van der Waals surface area contributed by atoms with Gasteiger partial charge in [-0.3, -0.25) is 10.1 Å². The molecule has 0 aliphatic carbocycles. The number of rotatable bonds is 6. The number of hydrogen-bond acceptors (Lipinski definition) is 7. The van der Waals surface area contributed by atoms with Gasteiger partial charge in [0.15, 0.2) is 0 Å². The number of hydrogen-bond donors (Lipinski definition) is 0. The van der Waals surface area contributed by atoms with Gasteiger partial charge >= 0.3 is 5.97 Å². The van der Waals surface area contributed by atoms with Gasteiger partial charge in [-0.15, -0.1) is 11.3 Å². The number of carbonyl (C=O) groups is 1. The average Bonchev–Trinajstić information content (AvgIpc) is 3.15. The molecule has 0 aliphatic rings. The second-order valence-electron chi connectivity index (χ2n) is 5.37. The first kappa shape index (κ1) is 18.5. The van der Waals surface area contributed by atoms with Crippen LogP contribution in [0.2, 0.25) is 0 Å². The molecule has 3 aromatic rings. The van der Waals surface area contributed by atoms with E-state index in [0.29, 0.717) is 10.7 Å². The molecular formula is C18H13FN2O5S. The number of non-ortho nitro benzene ring substituents is 1. The van der Waals surface area contributed by atoms with Crippen LogP contribution in [0.1, 0.15) is 16.1 Å². The zero-order valence-corrected chi connectivity index (χ0v) is 14.9. The van der Waals surface area contributed by atoms with Crippen LogP contribution in [0, 0.1) is 15.9 Å². The summed E-state index contributed by atoms with van der Waals surface area (Å²) in [7, 11) is 1.35. The topological polar surface area (TPSA) is 91.6 Å². The van der Waals surface area contributed by atoms with Crippen LogP contribution in [-0.4, -0.2) is 23.0 Å². The third-order valence-corrected chi connectivity index (χ3v) is 4.55. The van der Waals surface area contributed by atoms with Crippen molar-refractivity contribution in [2.45, 2.75) is 6.61 Å². The fourth-order valence-electron chi connectivity index (χ4n) is 2.28. The number of nitrogens with zero attached hydrogens (tertiary/aromatic N) is 2. The predicted molar refractivity (Wildman–Crippen MR) is 96.3 cm³/mol. The van der Waals surface area contributed by atoms with Crippen LogP contribution in [0.3, 0.4) is 0 Å². The zero-order chi connectivity index (χ0) is 19.4. The van der Waals surface area contributed by atoms with Gasteiger partial charge in [-0.25, -0.2) is 14.2 Å². The standard InChI is InChI=1S/C18H13FN2O5S/c1-25-16-7-6-14(21(23)24)8-15(16)18(22)26-9-13-10-27-17(20-13)11-2-4-12(19)5-3-11/h2-8,10H,9H2,1H3. The first-order valence-electron chi connectivity index (χ1n) is 7.68. The van der Waals surface area contributed by atoms with Crippen molar-refractivity contribution in [2.24, 2.45) is 0 Å². The molecule has 138 valence electrons. The second-order valence-corrected chi connectivity index (χ2v) is 6.23. The van der Waals surface area contributed by atoms with Gasteiger partial charge < -0.3 is 9.47 Å². The van der Waals surface area contributed by atoms with E-state index in [1.165, 1.54) is 42.7 Å². The van der Waals surface area contributed by atoms with E-state index in [0.717, 1.165) is 11.6 Å². The minimum atomic E-state index is -0.758. The van der Waals surface area contributed by atoms with E-state index < -0.39 is 10.9 Å². The highest BCUT2D eigenvalue weighted by Gasteiger charge is 2.19. The van der Waals surface area contributed by atoms with Crippen LogP contribution in [0.5, 0.6) is 5.75 Å². The SMILES string of the molecule is COc1ccc([N+](=O)[O-])cc1C(=O)OCc1csc(-c2ccc(F)cc2)n1. The molecule has 0 aliphatic heterocycles. The van der Waals surface area contributed by atoms with Gasteiger partial charge in [0.1, 0.15) is 28.7 Å². The number of nitro benzene ring substituents is 1. The third kappa shape index (κ3) is 4.26. The lowest BCUT2D eigenvalue weighted by atomic mass is 10.2. The highest BCUT2D eigenvalue weighted by atomic mass is 32.1. The number of benzene rings is 2. The number of thiazole rings is 1. The molecule has 0 radical (unpaired) electrons. The largest absolute Gasteiger partial charge is 0.496 e. The number of ether oxygens (including phenoxy) is 2. The molecule has 3 rings (SSSR count). The molecule has 0 bridgehead atoms. The van der Waals surface area contributed by atoms with Crippen molar-refractivity contribution in [1.29, 1.82) is 0 Å². The Morgan fingerprint density at radius 2 is 2.00 bits per heavy atom. The Morgan fingerprint density at radius 1 is 1.26 bits per heavy atom. The molecule has 0 fully saturated rings. The van der Waals surface area contributed by atoms with Crippen molar-refractivity contribution in [2.75, 3.05) is 7.11 Å². The van der Waals surface area contributed by atoms with Crippen LogP contribution in [0.25, 0.3) is 10.6 Å². The summed E-state index contributed by atoms with van der Waals surface area (Å²) in [6.45, 7) is -0.109. The molecule has 0 amide bonds. The van der Waals surface area contributed by atoms with Crippen molar-refractivity contribution in [3.05, 3.63) is 75.0 Å². The Balaban J connectivity index is 1.72. The van der Waals surface area contributed by atoms with Crippen molar-refractivity contribution in [1.82, 2.24) is 4.98 Å². The molecule has 0 atom stereocenters. The summed E-state index contributed by atoms with van der Waals surface area (Å²) < 4.78 is 23.3. The maximum absolute atomic E-state index is 13.0. The van der Waals surface area contributed by atoms with Gasteiger partial charge in [0.05, 0.1) is 17.7 Å². The van der Waals surface area contributed by atoms with E-state index in [1.807, 2.05) is 0 Å². The van der Waals surface area contributed by atoms with Gasteiger partial charge in [0, 0.05) is 23.1 Å². The van der Waals surface area contributed by atoms with Gasteiger partial charge in [0.2, 0.25) is 0 Å². The van der Waals surface area contributed by atoms with E-state index in [4.69, 9.17) is 9.47 Å². The lowest BCUT2D eigenvalue weighted by Crippen LogP contribution is -2.08. The molecule has 0 N–H and O–H groups in total. The van der Waals surface area contributed by atoms with Crippen LogP contribution in [-0.2, 0) is 11.3 Å². The molecule has 0 saturated heterocycles. The van der Waals surface area contributed by atoms with Gasteiger partial charge in [-0.2, -0.15) is 0 Å². The number of aromatic nitrogens is 1. The van der Waals surface area contributed by atoms with E-state index in [2.05, 4.69) is 4.98 Å². The van der Waals surface area contributed by atoms with E-state index in [1.54, 1.807) is 17.5 Å². The average molecular weight is 388 g/mol. The van der Waals surface area contributed by atoms with Gasteiger partial charge in [-0.05, 0) is 30.3 Å². The normalized spacial score (nSPS) is 10.4. The highest BCUT2D eigenvalue weighted by Crippen LogP contribution is 2.26. The van der Waals surface area contributed by atoms with Gasteiger partial charge in [0.25, 0.3) is 5.69 Å². The predicted octanol–water partition coefficient (Wildman–Crippen LogP) is 4.22. The summed E-state index contributed by atoms with van der Waals surface area (Å²) in [5.74, 6) is -0.918. The third-order valence-electron chi connectivity index (χ3n) is 3.61. The Kier molecular flexibility index (Phi) is 5.41. The minimum absolute atomic E-state index is 0.0410. The maximum atomic E-state index is 13.0. The maximum Gasteiger partial charge on any atom is 0.342 e. The molecule has 7 nitrogen and oxygen atoms in total. The monoisotopic (exact) mass is 388 g/mol. The van der Waals surface area contributed by atoms with Crippen molar-refractivity contribution in [3.8, 4) is 16.3 Å². The van der Waals surface area contributed by atoms with Crippen molar-refractivity contribution in [3.63, 3.8) is 0 Å². The zero-order valence-electron chi connectivity index (χ0n) is 14.0. The molecule has 0 spiro atoms. The van der Waals surface area contributed by atoms with Crippen LogP contribution >= 0.6 is 11.3 Å². The molecule has 1 heterocycles. The van der Waals surface area contributed by atoms with E-state index in [-0.39, 0.29) is 29.4 Å². The van der Waals surface area contributed by atoms with Crippen molar-refractivity contribution < 1.29 is 23.6 Å². The molecule has 2 aromatic carbocycles. The Morgan fingerprint density at radius 3 is 2.67 bits per heavy atom. The number of carbonyl (C=O) groups excluding carboxylic acids is 1. The fourth-order valence-corrected chi connectivity index (χ4v) is 3.10. The molecule has 0 saturated carbocycles. The molecule has 1 aromatic heterocycles. The molecule has 27 heavy (non-hydrogen) atoms. The number of esters is 1. The van der Waals surface area contributed by atoms with Crippen molar-refractivity contribution >= 4 is 23.0 Å². The smallest absolute Gasteiger partial charge is 0.342 e. The van der Waals surface area contributed by atoms with E-state index >= 15 is 0 Å². The molecule has 0 unspecified atom stereocenters. The fraction of sp³-hybridized carbons (Fsp3) is 0.111. The molecule has 9 heteroatoms. The number of nitro groups is 1. The van der Waals surface area contributed by atoms with Gasteiger partial charge in [-0.1, -0.05) is 0 Å². The number of methoxy groups -OCH3 is 1. The minimum Gasteiger partial charge on any atom is -0.496 e. The summed E-state index contributed by atoms with van der Waals surface area (Å²) in [5.41, 5.74) is 0.979. The van der Waals surface area contributed by atoms with Crippen LogP contribution in [0.4, 0.5) is 10.1 Å². The van der Waals surface area contributed by atoms with E-state index in [9.17, 15) is 19.3 Å². The summed E-state index contributed by atoms with van der Waals surface area (Å²) in [5, 5.41) is 13.3. The lowest BCUT2D eigenvalue weighted by Gasteiger charge is -2.07. The van der Waals surface area contributed by atoms with Crippen LogP contribution in [0.15, 0.2) is 47.8 Å². The summed E-state index contributed by atoms with van der Waals surface area (Å²) >= 11 is 1.33. The summed E-state index contributed by atoms with van der Waals surface area (Å²) in [6.07, 6.45) is 0. The molecular weight excluding hydrogens is 375 g/mol. The first-order chi connectivity index (χ1) is 13.0. The first-order valence-corrected chi connectivity index (χ1v) is 8.56. The Bertz CT molecular complexity index is 988.